The number of likely N-dealkylation sites (N-methyl/N-ethyl adjacent to an activating group) is 1. The van der Waals surface area contributed by atoms with Gasteiger partial charge in [-0.3, -0.25) is 9.69 Å². The van der Waals surface area contributed by atoms with Crippen molar-refractivity contribution in [3.8, 4) is 0 Å². The summed E-state index contributed by atoms with van der Waals surface area (Å²) in [7, 11) is 0. The Bertz CT molecular complexity index is 263. The van der Waals surface area contributed by atoms with Gasteiger partial charge in [-0.05, 0) is 19.5 Å². The molecule has 0 atom stereocenters. The van der Waals surface area contributed by atoms with E-state index in [0.717, 1.165) is 32.7 Å². The van der Waals surface area contributed by atoms with Crippen LogP contribution >= 0.6 is 0 Å². The quantitative estimate of drug-likeness (QED) is 0.590. The Morgan fingerprint density at radius 3 is 2.00 bits per heavy atom. The third kappa shape index (κ3) is 11.5. The Morgan fingerprint density at radius 2 is 1.43 bits per heavy atom. The number of rotatable bonds is 11. The van der Waals surface area contributed by atoms with Gasteiger partial charge >= 0.3 is 0 Å². The van der Waals surface area contributed by atoms with E-state index >= 15 is 0 Å². The van der Waals surface area contributed by atoms with E-state index in [1.54, 1.807) is 0 Å². The van der Waals surface area contributed by atoms with Gasteiger partial charge in [-0.25, -0.2) is 0 Å². The molecule has 138 valence electrons. The summed E-state index contributed by atoms with van der Waals surface area (Å²) in [6.07, 6.45) is 9.60. The third-order valence-electron chi connectivity index (χ3n) is 4.33. The molecule has 0 aromatic heterocycles. The van der Waals surface area contributed by atoms with Crippen LogP contribution in [0.15, 0.2) is 0 Å². The highest BCUT2D eigenvalue weighted by Crippen LogP contribution is 2.09. The molecule has 1 aliphatic heterocycles. The van der Waals surface area contributed by atoms with Crippen molar-refractivity contribution in [2.24, 2.45) is 0 Å². The fraction of sp³-hybridized carbons (Fsp3) is 0.947. The number of hydrogen-bond acceptors (Lipinski definition) is 3. The highest BCUT2D eigenvalue weighted by molar-refractivity contribution is 5.78. The van der Waals surface area contributed by atoms with E-state index in [-0.39, 0.29) is 5.91 Å². The van der Waals surface area contributed by atoms with Gasteiger partial charge in [-0.1, -0.05) is 66.2 Å². The number of nitrogens with one attached hydrogen (secondary N) is 1. The zero-order valence-corrected chi connectivity index (χ0v) is 16.2. The normalized spacial score (nSPS) is 15.2. The molecule has 0 aromatic carbocycles. The van der Waals surface area contributed by atoms with Gasteiger partial charge < -0.3 is 10.2 Å². The van der Waals surface area contributed by atoms with E-state index in [1.807, 2.05) is 25.7 Å². The second-order valence-electron chi connectivity index (χ2n) is 6.12. The van der Waals surface area contributed by atoms with E-state index in [2.05, 4.69) is 17.1 Å². The van der Waals surface area contributed by atoms with Gasteiger partial charge in [0.1, 0.15) is 0 Å². The molecule has 0 radical (unpaired) electrons. The molecule has 1 saturated heterocycles. The molecule has 23 heavy (non-hydrogen) atoms. The topological polar surface area (TPSA) is 35.6 Å². The predicted octanol–water partition coefficient (Wildman–Crippen LogP) is 3.52. The molecule has 1 fully saturated rings. The standard InChI is InChI=1S/C17H35N3O.C2H6/c1-3-5-6-7-8-9-10-11-19-12-14-20(15-13-19)17(21)16-18-4-2;1-2/h18H,3-16H2,1-2H3;1-2H3. The van der Waals surface area contributed by atoms with Gasteiger partial charge in [-0.15, -0.1) is 0 Å². The molecule has 4 nitrogen and oxygen atoms in total. The minimum absolute atomic E-state index is 0.257. The van der Waals surface area contributed by atoms with Gasteiger partial charge in [0.05, 0.1) is 6.54 Å². The molecule has 0 aromatic rings. The molecule has 0 saturated carbocycles. The summed E-state index contributed by atoms with van der Waals surface area (Å²) < 4.78 is 0. The van der Waals surface area contributed by atoms with E-state index < -0.39 is 0 Å². The van der Waals surface area contributed by atoms with Crippen LogP contribution in [0.3, 0.4) is 0 Å². The molecule has 4 heteroatoms. The Hall–Kier alpha value is -0.610. The lowest BCUT2D eigenvalue weighted by Crippen LogP contribution is -2.50. The maximum absolute atomic E-state index is 11.9. The zero-order valence-electron chi connectivity index (χ0n) is 16.2. The summed E-state index contributed by atoms with van der Waals surface area (Å²) in [5.41, 5.74) is 0. The summed E-state index contributed by atoms with van der Waals surface area (Å²) in [4.78, 5) is 16.4. The first kappa shape index (κ1) is 22.4. The molecule has 0 unspecified atom stereocenters. The van der Waals surface area contributed by atoms with Crippen LogP contribution in [0.2, 0.25) is 0 Å². The van der Waals surface area contributed by atoms with Gasteiger partial charge in [-0.2, -0.15) is 0 Å². The van der Waals surface area contributed by atoms with Crippen LogP contribution in [0.25, 0.3) is 0 Å². The molecule has 1 N–H and O–H groups in total. The largest absolute Gasteiger partial charge is 0.339 e. The van der Waals surface area contributed by atoms with Crippen molar-refractivity contribution in [3.05, 3.63) is 0 Å². The number of amides is 1. The average Bonchev–Trinajstić information content (AvgIpc) is 2.61. The molecule has 1 amide bonds. The number of nitrogens with zero attached hydrogens (tertiary/aromatic N) is 2. The zero-order chi connectivity index (χ0) is 17.3. The Balaban J connectivity index is 0.00000232. The highest BCUT2D eigenvalue weighted by Gasteiger charge is 2.19. The summed E-state index contributed by atoms with van der Waals surface area (Å²) in [5, 5.41) is 3.11. The van der Waals surface area contributed by atoms with Gasteiger partial charge in [0.25, 0.3) is 0 Å². The van der Waals surface area contributed by atoms with Gasteiger partial charge in [0.15, 0.2) is 0 Å². The lowest BCUT2D eigenvalue weighted by Gasteiger charge is -2.34. The van der Waals surface area contributed by atoms with Crippen molar-refractivity contribution >= 4 is 5.91 Å². The molecule has 1 heterocycles. The third-order valence-corrected chi connectivity index (χ3v) is 4.33. The smallest absolute Gasteiger partial charge is 0.236 e. The monoisotopic (exact) mass is 327 g/mol. The second kappa shape index (κ2) is 16.3. The Labute approximate surface area is 145 Å². The summed E-state index contributed by atoms with van der Waals surface area (Å²) in [5.74, 6) is 0.257. The maximum atomic E-state index is 11.9. The van der Waals surface area contributed by atoms with Crippen molar-refractivity contribution in [2.45, 2.75) is 72.6 Å². The van der Waals surface area contributed by atoms with E-state index in [4.69, 9.17) is 0 Å². The minimum atomic E-state index is 0.257. The maximum Gasteiger partial charge on any atom is 0.236 e. The summed E-state index contributed by atoms with van der Waals surface area (Å²) in [6, 6.07) is 0. The minimum Gasteiger partial charge on any atom is -0.339 e. The van der Waals surface area contributed by atoms with Crippen LogP contribution in [0, 0.1) is 0 Å². The molecular formula is C19H41N3O. The molecule has 1 rings (SSSR count). The molecule has 0 spiro atoms. The Morgan fingerprint density at radius 1 is 0.870 bits per heavy atom. The van der Waals surface area contributed by atoms with Crippen LogP contribution < -0.4 is 5.32 Å². The summed E-state index contributed by atoms with van der Waals surface area (Å²) >= 11 is 0. The number of carbonyl (C=O) groups excluding carboxylic acids is 1. The van der Waals surface area contributed by atoms with Crippen molar-refractivity contribution < 1.29 is 4.79 Å². The first-order chi connectivity index (χ1) is 11.3. The number of hydrogen-bond donors (Lipinski definition) is 1. The first-order valence-corrected chi connectivity index (χ1v) is 9.98. The van der Waals surface area contributed by atoms with Crippen LogP contribution in [-0.2, 0) is 4.79 Å². The SMILES string of the molecule is CC.CCCCCCCCCN1CCN(C(=O)CNCC)CC1. The van der Waals surface area contributed by atoms with Crippen LogP contribution in [0.4, 0.5) is 0 Å². The van der Waals surface area contributed by atoms with Gasteiger partial charge in [0, 0.05) is 26.2 Å². The number of piperazine rings is 1. The van der Waals surface area contributed by atoms with Crippen LogP contribution in [0.5, 0.6) is 0 Å². The van der Waals surface area contributed by atoms with Crippen molar-refractivity contribution in [1.82, 2.24) is 15.1 Å². The van der Waals surface area contributed by atoms with Gasteiger partial charge in [0.2, 0.25) is 5.91 Å². The van der Waals surface area contributed by atoms with Crippen molar-refractivity contribution in [3.63, 3.8) is 0 Å². The lowest BCUT2D eigenvalue weighted by molar-refractivity contribution is -0.131. The highest BCUT2D eigenvalue weighted by atomic mass is 16.2. The number of carbonyl (C=O) groups is 1. The van der Waals surface area contributed by atoms with Crippen LogP contribution in [0.1, 0.15) is 72.6 Å². The van der Waals surface area contributed by atoms with Crippen molar-refractivity contribution in [1.29, 1.82) is 0 Å². The molecule has 0 aliphatic carbocycles. The van der Waals surface area contributed by atoms with E-state index in [1.165, 1.54) is 51.5 Å². The van der Waals surface area contributed by atoms with E-state index in [0.29, 0.717) is 6.54 Å². The number of unbranched alkanes of at least 4 members (excludes halogenated alkanes) is 6. The van der Waals surface area contributed by atoms with Crippen molar-refractivity contribution in [2.75, 3.05) is 45.8 Å². The molecule has 0 bridgehead atoms. The average molecular weight is 328 g/mol. The Kier molecular flexibility index (Phi) is 15.8. The molecular weight excluding hydrogens is 286 g/mol. The molecule has 1 aliphatic rings. The second-order valence-corrected chi connectivity index (χ2v) is 6.12. The van der Waals surface area contributed by atoms with Crippen LogP contribution in [-0.4, -0.2) is 61.5 Å². The lowest BCUT2D eigenvalue weighted by atomic mass is 10.1. The fourth-order valence-corrected chi connectivity index (χ4v) is 2.86. The first-order valence-electron chi connectivity index (χ1n) is 9.98. The summed E-state index contributed by atoms with van der Waals surface area (Å²) in [6.45, 7) is 14.8. The van der Waals surface area contributed by atoms with E-state index in [9.17, 15) is 4.79 Å². The fourth-order valence-electron chi connectivity index (χ4n) is 2.86. The predicted molar refractivity (Wildman–Crippen MR) is 101 cm³/mol.